The molecule has 0 saturated carbocycles. The zero-order chi connectivity index (χ0) is 16.8. The standard InChI is InChI=1S/C19H13FN2O2/c1-11(15-9-12-5-4-8-21-17(12)10-16(15)20)22-18(23)13-6-2-3-7-14(13)19(22)24/h2-11H,1H3/t11-/m1/s1. The quantitative estimate of drug-likeness (QED) is 0.676. The summed E-state index contributed by atoms with van der Waals surface area (Å²) in [6.07, 6.45) is 1.59. The molecule has 4 rings (SSSR count). The van der Waals surface area contributed by atoms with Gasteiger partial charge >= 0.3 is 0 Å². The van der Waals surface area contributed by atoms with Crippen LogP contribution in [0.1, 0.15) is 39.2 Å². The number of nitrogens with zero attached hydrogens (tertiary/aromatic N) is 2. The molecule has 1 aliphatic heterocycles. The van der Waals surface area contributed by atoms with Crippen LogP contribution < -0.4 is 0 Å². The molecule has 2 heterocycles. The van der Waals surface area contributed by atoms with Crippen LogP contribution in [0.3, 0.4) is 0 Å². The predicted molar refractivity (Wildman–Crippen MR) is 87.1 cm³/mol. The summed E-state index contributed by atoms with van der Waals surface area (Å²) in [5, 5.41) is 0.761. The average molecular weight is 320 g/mol. The van der Waals surface area contributed by atoms with Gasteiger partial charge in [-0.25, -0.2) is 4.39 Å². The minimum absolute atomic E-state index is 0.296. The third-order valence-corrected chi connectivity index (χ3v) is 4.38. The highest BCUT2D eigenvalue weighted by molar-refractivity contribution is 6.21. The van der Waals surface area contributed by atoms with Crippen LogP contribution >= 0.6 is 0 Å². The molecule has 0 bridgehead atoms. The number of fused-ring (bicyclic) bond motifs is 2. The first kappa shape index (κ1) is 14.5. The van der Waals surface area contributed by atoms with Crippen molar-refractivity contribution in [2.75, 3.05) is 0 Å². The van der Waals surface area contributed by atoms with Gasteiger partial charge in [0.15, 0.2) is 0 Å². The Bertz CT molecular complexity index is 965. The molecule has 0 radical (unpaired) electrons. The second-order valence-electron chi connectivity index (χ2n) is 5.77. The van der Waals surface area contributed by atoms with E-state index in [1.165, 1.54) is 6.07 Å². The third-order valence-electron chi connectivity index (χ3n) is 4.38. The molecule has 4 nitrogen and oxygen atoms in total. The number of amides is 2. The van der Waals surface area contributed by atoms with E-state index < -0.39 is 23.7 Å². The topological polar surface area (TPSA) is 50.3 Å². The van der Waals surface area contributed by atoms with E-state index in [0.717, 1.165) is 10.3 Å². The smallest absolute Gasteiger partial charge is 0.262 e. The number of pyridine rings is 1. The summed E-state index contributed by atoms with van der Waals surface area (Å²) in [6.45, 7) is 1.66. The van der Waals surface area contributed by atoms with Crippen LogP contribution in [0.25, 0.3) is 10.9 Å². The fourth-order valence-electron chi connectivity index (χ4n) is 3.13. The van der Waals surface area contributed by atoms with Crippen molar-refractivity contribution >= 4 is 22.7 Å². The van der Waals surface area contributed by atoms with E-state index in [2.05, 4.69) is 4.98 Å². The van der Waals surface area contributed by atoms with Crippen LogP contribution in [-0.2, 0) is 0 Å². The summed E-state index contributed by atoms with van der Waals surface area (Å²) in [5.74, 6) is -1.27. The number of imide groups is 1. The van der Waals surface area contributed by atoms with Crippen molar-refractivity contribution in [1.29, 1.82) is 0 Å². The normalized spacial score (nSPS) is 15.0. The van der Waals surface area contributed by atoms with Gasteiger partial charge in [-0.2, -0.15) is 0 Å². The molecule has 118 valence electrons. The average Bonchev–Trinajstić information content (AvgIpc) is 2.85. The zero-order valence-corrected chi connectivity index (χ0v) is 12.9. The molecule has 24 heavy (non-hydrogen) atoms. The Labute approximate surface area is 137 Å². The van der Waals surface area contributed by atoms with E-state index in [9.17, 15) is 14.0 Å². The third kappa shape index (κ3) is 2.01. The van der Waals surface area contributed by atoms with Gasteiger partial charge in [0.2, 0.25) is 0 Å². The maximum absolute atomic E-state index is 14.5. The maximum Gasteiger partial charge on any atom is 0.262 e. The Morgan fingerprint density at radius 3 is 2.33 bits per heavy atom. The Morgan fingerprint density at radius 2 is 1.67 bits per heavy atom. The van der Waals surface area contributed by atoms with E-state index in [1.54, 1.807) is 49.5 Å². The number of rotatable bonds is 2. The van der Waals surface area contributed by atoms with Gasteiger partial charge in [-0.1, -0.05) is 18.2 Å². The number of hydrogen-bond acceptors (Lipinski definition) is 3. The van der Waals surface area contributed by atoms with E-state index in [4.69, 9.17) is 0 Å². The minimum atomic E-state index is -0.706. The number of halogens is 1. The molecule has 0 spiro atoms. The van der Waals surface area contributed by atoms with Gasteiger partial charge < -0.3 is 0 Å². The summed E-state index contributed by atoms with van der Waals surface area (Å²) in [5.41, 5.74) is 1.55. The molecule has 0 fully saturated rings. The Kier molecular flexibility index (Phi) is 3.16. The Balaban J connectivity index is 1.80. The molecule has 1 atom stereocenters. The summed E-state index contributed by atoms with van der Waals surface area (Å²) >= 11 is 0. The van der Waals surface area contributed by atoms with Crippen molar-refractivity contribution in [2.24, 2.45) is 0 Å². The molecule has 2 amide bonds. The number of carbonyl (C=O) groups excluding carboxylic acids is 2. The second-order valence-corrected chi connectivity index (χ2v) is 5.77. The van der Waals surface area contributed by atoms with Crippen molar-refractivity contribution in [1.82, 2.24) is 9.88 Å². The predicted octanol–water partition coefficient (Wildman–Crippen LogP) is 3.73. The fraction of sp³-hybridized carbons (Fsp3) is 0.105. The van der Waals surface area contributed by atoms with Crippen LogP contribution in [0.5, 0.6) is 0 Å². The Morgan fingerprint density at radius 1 is 1.00 bits per heavy atom. The lowest BCUT2D eigenvalue weighted by Gasteiger charge is -2.23. The number of aromatic nitrogens is 1. The maximum atomic E-state index is 14.5. The highest BCUT2D eigenvalue weighted by Crippen LogP contribution is 2.33. The van der Waals surface area contributed by atoms with Crippen LogP contribution in [0.15, 0.2) is 54.7 Å². The molecular formula is C19H13FN2O2. The number of hydrogen-bond donors (Lipinski definition) is 0. The van der Waals surface area contributed by atoms with Gasteiger partial charge in [0.05, 0.1) is 22.7 Å². The van der Waals surface area contributed by atoms with Crippen molar-refractivity contribution in [3.63, 3.8) is 0 Å². The van der Waals surface area contributed by atoms with Crippen LogP contribution in [0.2, 0.25) is 0 Å². The fourth-order valence-corrected chi connectivity index (χ4v) is 3.13. The lowest BCUT2D eigenvalue weighted by Crippen LogP contribution is -2.33. The molecule has 0 N–H and O–H groups in total. The molecule has 2 aromatic carbocycles. The lowest BCUT2D eigenvalue weighted by atomic mass is 10.0. The highest BCUT2D eigenvalue weighted by atomic mass is 19.1. The number of benzene rings is 2. The van der Waals surface area contributed by atoms with E-state index >= 15 is 0 Å². The van der Waals surface area contributed by atoms with Crippen molar-refractivity contribution in [2.45, 2.75) is 13.0 Å². The molecule has 5 heteroatoms. The molecule has 1 aliphatic rings. The minimum Gasteiger partial charge on any atom is -0.269 e. The first-order chi connectivity index (χ1) is 11.6. The summed E-state index contributed by atoms with van der Waals surface area (Å²) in [6, 6.07) is 12.5. The first-order valence-electron chi connectivity index (χ1n) is 7.59. The number of carbonyl (C=O) groups is 2. The summed E-state index contributed by atoms with van der Waals surface area (Å²) in [7, 11) is 0. The van der Waals surface area contributed by atoms with Crippen molar-refractivity contribution in [3.8, 4) is 0 Å². The second kappa shape index (κ2) is 5.23. The monoisotopic (exact) mass is 320 g/mol. The highest BCUT2D eigenvalue weighted by Gasteiger charge is 2.39. The molecular weight excluding hydrogens is 307 g/mol. The van der Waals surface area contributed by atoms with Crippen LogP contribution in [-0.4, -0.2) is 21.7 Å². The van der Waals surface area contributed by atoms with Gasteiger partial charge in [-0.05, 0) is 31.2 Å². The summed E-state index contributed by atoms with van der Waals surface area (Å²) < 4.78 is 14.5. The van der Waals surface area contributed by atoms with Gasteiger partial charge in [0, 0.05) is 23.2 Å². The van der Waals surface area contributed by atoms with Gasteiger partial charge in [-0.3, -0.25) is 19.5 Å². The lowest BCUT2D eigenvalue weighted by molar-refractivity contribution is 0.0593. The molecule has 0 unspecified atom stereocenters. The van der Waals surface area contributed by atoms with Crippen molar-refractivity contribution in [3.05, 3.63) is 77.2 Å². The van der Waals surface area contributed by atoms with E-state index in [0.29, 0.717) is 22.2 Å². The van der Waals surface area contributed by atoms with E-state index in [-0.39, 0.29) is 0 Å². The van der Waals surface area contributed by atoms with Gasteiger partial charge in [0.25, 0.3) is 11.8 Å². The molecule has 3 aromatic rings. The van der Waals surface area contributed by atoms with Crippen LogP contribution in [0.4, 0.5) is 4.39 Å². The SMILES string of the molecule is C[C@H](c1cc2cccnc2cc1F)N1C(=O)c2ccccc2C1=O. The molecule has 0 saturated heterocycles. The van der Waals surface area contributed by atoms with Crippen molar-refractivity contribution < 1.29 is 14.0 Å². The molecule has 0 aliphatic carbocycles. The zero-order valence-electron chi connectivity index (χ0n) is 12.9. The van der Waals surface area contributed by atoms with Gasteiger partial charge in [-0.15, -0.1) is 0 Å². The molecule has 1 aromatic heterocycles. The Hall–Kier alpha value is -3.08. The van der Waals surface area contributed by atoms with Gasteiger partial charge in [0.1, 0.15) is 5.82 Å². The van der Waals surface area contributed by atoms with E-state index in [1.807, 2.05) is 6.07 Å². The summed E-state index contributed by atoms with van der Waals surface area (Å²) in [4.78, 5) is 30.4. The largest absolute Gasteiger partial charge is 0.269 e. The first-order valence-corrected chi connectivity index (χ1v) is 7.59. The van der Waals surface area contributed by atoms with Crippen LogP contribution in [0, 0.1) is 5.82 Å².